The van der Waals surface area contributed by atoms with Gasteiger partial charge < -0.3 is 29.2 Å². The Morgan fingerprint density at radius 2 is 1.09 bits per heavy atom. The van der Waals surface area contributed by atoms with Crippen LogP contribution in [0.4, 0.5) is 11.4 Å². The van der Waals surface area contributed by atoms with Gasteiger partial charge in [-0.05, 0) is 148 Å². The molecule has 4 aromatic heterocycles. The Kier molecular flexibility index (Phi) is 25.9. The highest BCUT2D eigenvalue weighted by atomic mass is 16.5. The van der Waals surface area contributed by atoms with E-state index in [-0.39, 0.29) is 33.3 Å². The van der Waals surface area contributed by atoms with Crippen molar-refractivity contribution in [2.45, 2.75) is 225 Å². The van der Waals surface area contributed by atoms with E-state index < -0.39 is 0 Å². The Bertz CT molecular complexity index is 4630. The summed E-state index contributed by atoms with van der Waals surface area (Å²) in [6.07, 6.45) is 6.56. The molecular formula is C93H122N10O3. The predicted octanol–water partition coefficient (Wildman–Crippen LogP) is 21.9. The molecular weight excluding hydrogens is 1310 g/mol. The molecule has 106 heavy (non-hydrogen) atoms. The molecule has 11 aromatic rings. The number of carbonyl (C=O) groups is 1. The van der Waals surface area contributed by atoms with Crippen LogP contribution in [0, 0.1) is 16.2 Å². The van der Waals surface area contributed by atoms with Gasteiger partial charge >= 0.3 is 0 Å². The van der Waals surface area contributed by atoms with Crippen LogP contribution in [0.25, 0.3) is 32.6 Å². The summed E-state index contributed by atoms with van der Waals surface area (Å²) in [7, 11) is 0. The van der Waals surface area contributed by atoms with E-state index in [1.165, 1.54) is 73.2 Å². The smallest absolute Gasteiger partial charge is 0.254 e. The minimum atomic E-state index is 0.0482. The van der Waals surface area contributed by atoms with E-state index in [4.69, 9.17) is 4.52 Å². The zero-order valence-corrected chi connectivity index (χ0v) is 67.9. The molecule has 0 radical (unpaired) electrons. The number of fused-ring (bicyclic) bond motifs is 8. The van der Waals surface area contributed by atoms with Crippen LogP contribution in [0.1, 0.15) is 213 Å². The number of carbonyl (C=O) groups excluding carboxylic acids is 1. The van der Waals surface area contributed by atoms with E-state index in [2.05, 4.69) is 308 Å². The summed E-state index contributed by atoms with van der Waals surface area (Å²) in [5.41, 5.74) is 18.3. The SMILES string of the molecule is CC(C)(C)C1=NCc2ccccc21.CC(C)(C)C1CNc2ccccc21.CC(C)(C)C1Cc2ccccc2N1.CC(C)(C)c1[nH]nc2ccccc12.CC(C)(C)c1noc2ccccc12.CC(C)(C)n1cc2ccccc2c1.CC(C)N1CCc2ccccc2C1=O.CC(C)N1CCn2c(cccc2=O)C1. The highest BCUT2D eigenvalue weighted by Crippen LogP contribution is 2.43. The molecule has 2 atom stereocenters. The van der Waals surface area contributed by atoms with Gasteiger partial charge in [0.05, 0.1) is 17.8 Å². The van der Waals surface area contributed by atoms with Crippen molar-refractivity contribution in [2.75, 3.05) is 30.3 Å². The average molecular weight is 1430 g/mol. The van der Waals surface area contributed by atoms with Gasteiger partial charge in [0.1, 0.15) is 0 Å². The van der Waals surface area contributed by atoms with Gasteiger partial charge in [0.25, 0.3) is 11.5 Å². The number of amides is 1. The number of anilines is 2. The molecule has 0 aliphatic carbocycles. The van der Waals surface area contributed by atoms with E-state index in [1.807, 2.05) is 88.3 Å². The van der Waals surface area contributed by atoms with Crippen LogP contribution in [0.15, 0.2) is 215 Å². The molecule has 0 saturated heterocycles. The monoisotopic (exact) mass is 1430 g/mol. The highest BCUT2D eigenvalue weighted by Gasteiger charge is 2.33. The number of rotatable bonds is 2. The number of aliphatic imine (C=N–C) groups is 1. The Morgan fingerprint density at radius 1 is 0.519 bits per heavy atom. The van der Waals surface area contributed by atoms with Crippen LogP contribution in [0.5, 0.6) is 0 Å². The van der Waals surface area contributed by atoms with Crippen molar-refractivity contribution in [3.63, 3.8) is 0 Å². The number of hydrogen-bond acceptors (Lipinski definition) is 9. The van der Waals surface area contributed by atoms with Crippen molar-refractivity contribution in [2.24, 2.45) is 21.2 Å². The van der Waals surface area contributed by atoms with Gasteiger partial charge in [0.2, 0.25) is 0 Å². The summed E-state index contributed by atoms with van der Waals surface area (Å²) >= 11 is 0. The predicted molar refractivity (Wildman–Crippen MR) is 447 cm³/mol. The van der Waals surface area contributed by atoms with Gasteiger partial charge in [0.15, 0.2) is 5.58 Å². The summed E-state index contributed by atoms with van der Waals surface area (Å²) in [5.74, 6) is 0.838. The molecule has 2 unspecified atom stereocenters. The zero-order chi connectivity index (χ0) is 77.1. The third kappa shape index (κ3) is 20.8. The van der Waals surface area contributed by atoms with E-state index >= 15 is 0 Å². The van der Waals surface area contributed by atoms with E-state index in [9.17, 15) is 9.59 Å². The second-order valence-electron chi connectivity index (χ2n) is 35.6. The van der Waals surface area contributed by atoms with Crippen molar-refractivity contribution in [1.29, 1.82) is 0 Å². The van der Waals surface area contributed by atoms with E-state index in [0.29, 0.717) is 34.9 Å². The maximum Gasteiger partial charge on any atom is 0.254 e. The number of H-pyrrole nitrogens is 1. The van der Waals surface area contributed by atoms with Crippen LogP contribution in [0.2, 0.25) is 0 Å². The standard InChI is InChI=1S/C12H15NO.C12H15N.C12H17N.C12H15N.C12H17N.C11H16N2O.C11H14N2.C11H13NO/c1-9(2)13-8-7-10-5-3-4-6-11(10)12(13)14;1-12(2,3)13-8-10-6-4-5-7-11(10)9-13;1-12(2,3)10-8-13-11-7-5-4-6-9(10)11;1-12(2,3)11-10-7-5-4-6-9(10)8-13-11;1-12(2,3)11-8-9-6-4-5-7-10(9)13-11;1-9(2)12-6-7-13-10(8-12)4-3-5-11(13)14;1-11(2,3)10-8-6-4-5-7-9(8)12-13-10;1-11(2,3)10-8-6-4-5-7-9(8)13-12-10/h3-6,9H,7-8H2,1-2H3;4-9H,1-3H3;4-7,10,13H,8H2,1-3H3;4-7H,8H2,1-3H3;4-7,11,13H,8H2,1-3H3;3-5,9H,6-8H2,1-2H3;4-7H,1-3H3,(H,12,13);4-7H,1-3H3. The summed E-state index contributed by atoms with van der Waals surface area (Å²) in [6.45, 7) is 54.1. The fourth-order valence-corrected chi connectivity index (χ4v) is 13.9. The van der Waals surface area contributed by atoms with Gasteiger partial charge in [-0.1, -0.05) is 249 Å². The number of nitrogens with one attached hydrogen (secondary N) is 3. The van der Waals surface area contributed by atoms with E-state index in [1.54, 1.807) is 6.07 Å². The molecule has 5 aliphatic heterocycles. The first kappa shape index (κ1) is 80.8. The zero-order valence-electron chi connectivity index (χ0n) is 67.9. The lowest BCUT2D eigenvalue weighted by atomic mass is 9.78. The lowest BCUT2D eigenvalue weighted by molar-refractivity contribution is 0.0688. The second kappa shape index (κ2) is 34.1. The number of aromatic amines is 1. The number of benzene rings is 7. The first-order valence-electron chi connectivity index (χ1n) is 38.4. The maximum absolute atomic E-state index is 12.0. The fourth-order valence-electron chi connectivity index (χ4n) is 13.9. The van der Waals surface area contributed by atoms with Crippen molar-refractivity contribution in [3.8, 4) is 0 Å². The molecule has 0 bridgehead atoms. The molecule has 5 aliphatic rings. The van der Waals surface area contributed by atoms with Crippen molar-refractivity contribution < 1.29 is 9.32 Å². The lowest BCUT2D eigenvalue weighted by Crippen LogP contribution is -2.41. The Labute approximate surface area is 633 Å². The molecule has 7 aromatic carbocycles. The first-order valence-corrected chi connectivity index (χ1v) is 38.4. The van der Waals surface area contributed by atoms with Gasteiger partial charge in [-0.15, -0.1) is 0 Å². The van der Waals surface area contributed by atoms with Crippen LogP contribution >= 0.6 is 0 Å². The maximum atomic E-state index is 12.0. The topological polar surface area (TPSA) is 142 Å². The van der Waals surface area contributed by atoms with Crippen LogP contribution < -0.4 is 16.2 Å². The normalized spacial score (nSPS) is 15.9. The summed E-state index contributed by atoms with van der Waals surface area (Å²) in [5, 5.41) is 23.5. The number of pyridine rings is 1. The summed E-state index contributed by atoms with van der Waals surface area (Å²) < 4.78 is 9.36. The second-order valence-corrected chi connectivity index (χ2v) is 35.6. The molecule has 3 N–H and O–H groups in total. The highest BCUT2D eigenvalue weighted by molar-refractivity contribution is 6.07. The Hall–Kier alpha value is -9.33. The van der Waals surface area contributed by atoms with Crippen molar-refractivity contribution >= 4 is 55.6 Å². The largest absolute Gasteiger partial charge is 0.384 e. The lowest BCUT2D eigenvalue weighted by Gasteiger charge is -2.32. The van der Waals surface area contributed by atoms with Gasteiger partial charge in [-0.25, -0.2) is 0 Å². The van der Waals surface area contributed by atoms with Gasteiger partial charge in [-0.3, -0.25) is 24.6 Å². The number of hydrogen-bond donors (Lipinski definition) is 3. The van der Waals surface area contributed by atoms with Crippen LogP contribution in [-0.2, 0) is 48.8 Å². The number of nitrogens with zero attached hydrogens (tertiary/aromatic N) is 7. The minimum Gasteiger partial charge on any atom is -0.384 e. The third-order valence-corrected chi connectivity index (χ3v) is 20.3. The quantitative estimate of drug-likeness (QED) is 0.155. The van der Waals surface area contributed by atoms with Gasteiger partial charge in [0, 0.05) is 147 Å². The molecule has 0 fully saturated rings. The third-order valence-electron chi connectivity index (χ3n) is 20.3. The molecule has 562 valence electrons. The molecule has 1 amide bonds. The molecule has 9 heterocycles. The van der Waals surface area contributed by atoms with Crippen molar-refractivity contribution in [3.05, 3.63) is 261 Å². The van der Waals surface area contributed by atoms with Crippen LogP contribution in [-0.4, -0.2) is 83.7 Å². The number of aromatic nitrogens is 5. The van der Waals surface area contributed by atoms with Gasteiger partial charge in [-0.2, -0.15) is 5.10 Å². The molecule has 0 saturated carbocycles. The summed E-state index contributed by atoms with van der Waals surface area (Å²) in [6, 6.07) is 65.2. The average Bonchev–Trinajstić information content (AvgIpc) is 1.72. The Morgan fingerprint density at radius 3 is 1.70 bits per heavy atom. The minimum absolute atomic E-state index is 0.0482. The van der Waals surface area contributed by atoms with E-state index in [0.717, 1.165) is 79.1 Å². The molecule has 16 rings (SSSR count). The fraction of sp³-hybridized carbons (Fsp3) is 0.430. The first-order chi connectivity index (χ1) is 49.9. The van der Waals surface area contributed by atoms with Crippen LogP contribution in [0.3, 0.4) is 0 Å². The van der Waals surface area contributed by atoms with Crippen molar-refractivity contribution in [1.82, 2.24) is 34.3 Å². The molecule has 13 nitrogen and oxygen atoms in total. The molecule has 13 heteroatoms. The number of para-hydroxylation sites is 4. The molecule has 0 spiro atoms. The Balaban J connectivity index is 0.000000140. The summed E-state index contributed by atoms with van der Waals surface area (Å²) in [4.78, 5) is 32.4.